The fourth-order valence-corrected chi connectivity index (χ4v) is 5.47. The minimum Gasteiger partial charge on any atom is -0.364 e. The summed E-state index contributed by atoms with van der Waals surface area (Å²) in [5.41, 5.74) is 5.31. The highest BCUT2D eigenvalue weighted by molar-refractivity contribution is 5.88. The van der Waals surface area contributed by atoms with E-state index in [0.717, 1.165) is 59.6 Å². The molecule has 3 atom stereocenters. The number of nitrogens with zero attached hydrogens (tertiary/aromatic N) is 9. The molecule has 188 valence electrons. The lowest BCUT2D eigenvalue weighted by Gasteiger charge is -2.49. The molecule has 1 unspecified atom stereocenters. The number of hydrogen-bond donors (Lipinski definition) is 0. The summed E-state index contributed by atoms with van der Waals surface area (Å²) in [4.78, 5) is 22.8. The van der Waals surface area contributed by atoms with Gasteiger partial charge in [-0.1, -0.05) is 13.8 Å². The Morgan fingerprint density at radius 1 is 1.22 bits per heavy atom. The van der Waals surface area contributed by atoms with E-state index in [1.807, 2.05) is 23.8 Å². The van der Waals surface area contributed by atoms with Gasteiger partial charge >= 0.3 is 0 Å². The number of hydrogen-bond acceptors (Lipinski definition) is 7. The molecular weight excluding hydrogens is 454 g/mol. The van der Waals surface area contributed by atoms with Crippen molar-refractivity contribution < 1.29 is 0 Å². The number of anilines is 1. The first-order valence-corrected chi connectivity index (χ1v) is 12.6. The fraction of sp³-hybridized carbons (Fsp3) is 0.500. The number of piperazine rings is 1. The molecule has 4 aromatic rings. The molecule has 1 saturated heterocycles. The van der Waals surface area contributed by atoms with Crippen LogP contribution in [0.2, 0.25) is 0 Å². The molecule has 0 bridgehead atoms. The SMILES string of the molecule is CC[C@H]1CN(C(C)c2ccn3ncc(C)c3n2)[C@H](CC)CN1c1cc(=O)n(C)c2cn(CC#N)nc12. The molecule has 5 rings (SSSR count). The average molecular weight is 488 g/mol. The van der Waals surface area contributed by atoms with E-state index in [2.05, 4.69) is 47.8 Å². The molecule has 4 aromatic heterocycles. The highest BCUT2D eigenvalue weighted by Gasteiger charge is 2.36. The molecule has 1 aliphatic rings. The number of pyridine rings is 1. The van der Waals surface area contributed by atoms with E-state index in [1.54, 1.807) is 28.6 Å². The lowest BCUT2D eigenvalue weighted by atomic mass is 9.98. The van der Waals surface area contributed by atoms with Crippen molar-refractivity contribution in [2.75, 3.05) is 18.0 Å². The first kappa shape index (κ1) is 24.0. The second kappa shape index (κ2) is 9.39. The van der Waals surface area contributed by atoms with Gasteiger partial charge in [-0.3, -0.25) is 14.4 Å². The highest BCUT2D eigenvalue weighted by atomic mass is 16.1. The Kier molecular flexibility index (Phi) is 6.26. The average Bonchev–Trinajstić information content (AvgIpc) is 3.48. The Morgan fingerprint density at radius 2 is 2.00 bits per heavy atom. The first-order chi connectivity index (χ1) is 17.4. The minimum absolute atomic E-state index is 0.0682. The number of fused-ring (bicyclic) bond motifs is 2. The lowest BCUT2D eigenvalue weighted by molar-refractivity contribution is 0.0992. The Bertz CT molecular complexity index is 1510. The van der Waals surface area contributed by atoms with Gasteiger partial charge in [0.15, 0.2) is 5.65 Å². The topological polar surface area (TPSA) is 100 Å². The summed E-state index contributed by atoms with van der Waals surface area (Å²) in [6.07, 6.45) is 7.54. The predicted molar refractivity (Wildman–Crippen MR) is 139 cm³/mol. The van der Waals surface area contributed by atoms with E-state index in [-0.39, 0.29) is 30.2 Å². The summed E-state index contributed by atoms with van der Waals surface area (Å²) in [5.74, 6) is 0. The monoisotopic (exact) mass is 487 g/mol. The first-order valence-electron chi connectivity index (χ1n) is 12.6. The maximum Gasteiger partial charge on any atom is 0.252 e. The van der Waals surface area contributed by atoms with Crippen molar-refractivity contribution in [2.45, 2.75) is 65.2 Å². The van der Waals surface area contributed by atoms with E-state index < -0.39 is 0 Å². The van der Waals surface area contributed by atoms with Crippen LogP contribution in [0.25, 0.3) is 16.7 Å². The summed E-state index contributed by atoms with van der Waals surface area (Å²) in [7, 11) is 1.75. The number of aromatic nitrogens is 6. The van der Waals surface area contributed by atoms with Crippen molar-refractivity contribution >= 4 is 22.4 Å². The van der Waals surface area contributed by atoms with E-state index >= 15 is 0 Å². The normalized spacial score (nSPS) is 19.7. The summed E-state index contributed by atoms with van der Waals surface area (Å²) in [6.45, 7) is 10.5. The maximum absolute atomic E-state index is 12.9. The van der Waals surface area contributed by atoms with E-state index in [9.17, 15) is 4.79 Å². The molecule has 10 heteroatoms. The molecule has 0 spiro atoms. The molecule has 1 aliphatic heterocycles. The van der Waals surface area contributed by atoms with Crippen LogP contribution >= 0.6 is 0 Å². The second-order valence-electron chi connectivity index (χ2n) is 9.74. The maximum atomic E-state index is 12.9. The zero-order valence-corrected chi connectivity index (χ0v) is 21.6. The summed E-state index contributed by atoms with van der Waals surface area (Å²) >= 11 is 0. The van der Waals surface area contributed by atoms with Crippen LogP contribution in [-0.2, 0) is 13.6 Å². The fourth-order valence-electron chi connectivity index (χ4n) is 5.47. The third kappa shape index (κ3) is 3.93. The number of nitriles is 1. The second-order valence-corrected chi connectivity index (χ2v) is 9.74. The van der Waals surface area contributed by atoms with Gasteiger partial charge in [0.25, 0.3) is 5.56 Å². The summed E-state index contributed by atoms with van der Waals surface area (Å²) in [6, 6.07) is 6.56. The third-order valence-electron chi connectivity index (χ3n) is 7.65. The summed E-state index contributed by atoms with van der Waals surface area (Å²) < 4.78 is 5.04. The highest BCUT2D eigenvalue weighted by Crippen LogP contribution is 2.34. The van der Waals surface area contributed by atoms with Crippen LogP contribution in [0.3, 0.4) is 0 Å². The summed E-state index contributed by atoms with van der Waals surface area (Å²) in [5, 5.41) is 18.2. The molecule has 0 saturated carbocycles. The molecule has 0 aliphatic carbocycles. The van der Waals surface area contributed by atoms with Gasteiger partial charge in [0.2, 0.25) is 0 Å². The van der Waals surface area contributed by atoms with Gasteiger partial charge in [0.1, 0.15) is 12.1 Å². The molecule has 0 amide bonds. The Labute approximate surface area is 210 Å². The molecular formula is C26H33N9O. The smallest absolute Gasteiger partial charge is 0.252 e. The molecule has 10 nitrogen and oxygen atoms in total. The van der Waals surface area contributed by atoms with Gasteiger partial charge in [0.05, 0.1) is 35.4 Å². The Morgan fingerprint density at radius 3 is 2.72 bits per heavy atom. The Hall–Kier alpha value is -3.71. The predicted octanol–water partition coefficient (Wildman–Crippen LogP) is 3.05. The molecule has 1 fully saturated rings. The van der Waals surface area contributed by atoms with Crippen LogP contribution < -0.4 is 10.5 Å². The van der Waals surface area contributed by atoms with E-state index in [0.29, 0.717) is 0 Å². The standard InChI is InChI=1S/C26H33N9O/c1-6-19-15-34(22-12-24(36)31(5)23-16-32(11-9-27)30-25(22)23)20(7-2)14-33(19)18(4)21-8-10-35-26(29-21)17(3)13-28-35/h8,10,12-13,16,18-20H,6-7,11,14-15H2,1-5H3/t18?,19-,20+/m1/s1. The largest absolute Gasteiger partial charge is 0.364 e. The van der Waals surface area contributed by atoms with Gasteiger partial charge in [0, 0.05) is 56.1 Å². The Balaban J connectivity index is 1.51. The quantitative estimate of drug-likeness (QED) is 0.412. The molecule has 0 aromatic carbocycles. The van der Waals surface area contributed by atoms with Crippen molar-refractivity contribution in [2.24, 2.45) is 7.05 Å². The van der Waals surface area contributed by atoms with Crippen molar-refractivity contribution in [3.63, 3.8) is 0 Å². The molecule has 0 radical (unpaired) electrons. The van der Waals surface area contributed by atoms with Crippen LogP contribution in [0.15, 0.2) is 35.5 Å². The van der Waals surface area contributed by atoms with Crippen LogP contribution in [0.1, 0.15) is 50.9 Å². The minimum atomic E-state index is -0.0682. The zero-order valence-electron chi connectivity index (χ0n) is 21.6. The van der Waals surface area contributed by atoms with Crippen molar-refractivity contribution in [1.82, 2.24) is 33.8 Å². The third-order valence-corrected chi connectivity index (χ3v) is 7.65. The van der Waals surface area contributed by atoms with Crippen LogP contribution in [0, 0.1) is 18.3 Å². The number of rotatable bonds is 6. The van der Waals surface area contributed by atoms with Gasteiger partial charge < -0.3 is 9.47 Å². The lowest BCUT2D eigenvalue weighted by Crippen LogP contribution is -2.59. The van der Waals surface area contributed by atoms with Crippen LogP contribution in [0.4, 0.5) is 5.69 Å². The van der Waals surface area contributed by atoms with Crippen molar-refractivity contribution in [3.8, 4) is 6.07 Å². The van der Waals surface area contributed by atoms with E-state index in [4.69, 9.17) is 15.3 Å². The van der Waals surface area contributed by atoms with Gasteiger partial charge in [-0.15, -0.1) is 0 Å². The molecule has 0 N–H and O–H groups in total. The van der Waals surface area contributed by atoms with Crippen LogP contribution in [0.5, 0.6) is 0 Å². The van der Waals surface area contributed by atoms with Crippen LogP contribution in [-0.4, -0.2) is 59.0 Å². The van der Waals surface area contributed by atoms with E-state index in [1.165, 1.54) is 0 Å². The zero-order chi connectivity index (χ0) is 25.6. The van der Waals surface area contributed by atoms with Crippen molar-refractivity contribution in [3.05, 3.63) is 52.3 Å². The van der Waals surface area contributed by atoms with Gasteiger partial charge in [-0.25, -0.2) is 9.50 Å². The van der Waals surface area contributed by atoms with Crippen molar-refractivity contribution in [1.29, 1.82) is 5.26 Å². The molecule has 5 heterocycles. The van der Waals surface area contributed by atoms with Gasteiger partial charge in [-0.2, -0.15) is 15.5 Å². The number of aryl methyl sites for hydroxylation is 2. The molecule has 36 heavy (non-hydrogen) atoms. The van der Waals surface area contributed by atoms with Gasteiger partial charge in [-0.05, 0) is 32.8 Å².